The Morgan fingerprint density at radius 2 is 2.37 bits per heavy atom. The molecule has 0 saturated heterocycles. The van der Waals surface area contributed by atoms with Crippen LogP contribution in [0.1, 0.15) is 12.8 Å². The lowest BCUT2D eigenvalue weighted by Crippen LogP contribution is -2.31. The van der Waals surface area contributed by atoms with Crippen molar-refractivity contribution in [2.45, 2.75) is 12.8 Å². The molecule has 0 amide bonds. The molecule has 2 aromatic heterocycles. The summed E-state index contributed by atoms with van der Waals surface area (Å²) >= 11 is 0. The number of hydrogen-bond acceptors (Lipinski definition) is 6. The topological polar surface area (TPSA) is 67.6 Å². The molecule has 2 aromatic rings. The molecule has 19 heavy (non-hydrogen) atoms. The highest BCUT2D eigenvalue weighted by Gasteiger charge is 2.27. The number of nitrogens with zero attached hydrogens (tertiary/aromatic N) is 5. The van der Waals surface area contributed by atoms with Gasteiger partial charge in [-0.1, -0.05) is 0 Å². The largest absolute Gasteiger partial charge is 0.486 e. The average Bonchev–Trinajstić information content (AvgIpc) is 3.12. The third-order valence-electron chi connectivity index (χ3n) is 3.69. The zero-order valence-corrected chi connectivity index (χ0v) is 10.8. The third kappa shape index (κ3) is 1.76. The summed E-state index contributed by atoms with van der Waals surface area (Å²) in [6, 6.07) is 0. The first-order chi connectivity index (χ1) is 9.33. The molecule has 4 rings (SSSR count). The van der Waals surface area contributed by atoms with Gasteiger partial charge in [0.1, 0.15) is 18.6 Å². The Kier molecular flexibility index (Phi) is 2.27. The van der Waals surface area contributed by atoms with E-state index >= 15 is 0 Å². The van der Waals surface area contributed by atoms with Gasteiger partial charge in [-0.15, -0.1) is 15.3 Å². The van der Waals surface area contributed by atoms with E-state index in [1.165, 1.54) is 12.8 Å². The Labute approximate surface area is 110 Å². The fourth-order valence-electron chi connectivity index (χ4n) is 2.39. The van der Waals surface area contributed by atoms with E-state index in [2.05, 4.69) is 32.6 Å². The Hall–Kier alpha value is -2.05. The van der Waals surface area contributed by atoms with Gasteiger partial charge in [-0.05, 0) is 18.8 Å². The molecule has 1 aliphatic heterocycles. The summed E-state index contributed by atoms with van der Waals surface area (Å²) in [6.45, 7) is 2.50. The van der Waals surface area contributed by atoms with Crippen LogP contribution in [0.25, 0.3) is 5.65 Å². The number of nitrogens with one attached hydrogen (secondary N) is 1. The number of ether oxygens (including phenoxy) is 1. The van der Waals surface area contributed by atoms with Crippen LogP contribution in [-0.2, 0) is 0 Å². The molecule has 0 aromatic carbocycles. The second-order valence-electron chi connectivity index (χ2n) is 5.22. The lowest BCUT2D eigenvalue weighted by Gasteiger charge is -2.29. The van der Waals surface area contributed by atoms with Crippen LogP contribution in [0.4, 0.5) is 11.5 Å². The van der Waals surface area contributed by atoms with Crippen molar-refractivity contribution >= 4 is 17.2 Å². The number of hydrogen-bond donors (Lipinski definition) is 1. The molecule has 0 atom stereocenters. The van der Waals surface area contributed by atoms with Crippen LogP contribution in [0.5, 0.6) is 5.75 Å². The lowest BCUT2D eigenvalue weighted by molar-refractivity contribution is 0.312. The Bertz CT molecular complexity index is 620. The number of aromatic nitrogens is 4. The van der Waals surface area contributed by atoms with Gasteiger partial charge >= 0.3 is 0 Å². The van der Waals surface area contributed by atoms with Gasteiger partial charge in [-0.25, -0.2) is 0 Å². The molecular weight excluding hydrogens is 244 g/mol. The molecule has 0 radical (unpaired) electrons. The quantitative estimate of drug-likeness (QED) is 0.879. The normalized spacial score (nSPS) is 18.3. The minimum Gasteiger partial charge on any atom is -0.486 e. The summed E-state index contributed by atoms with van der Waals surface area (Å²) in [6.07, 6.45) is 4.24. The fourth-order valence-corrected chi connectivity index (χ4v) is 2.39. The van der Waals surface area contributed by atoms with Crippen molar-refractivity contribution in [2.75, 3.05) is 37.0 Å². The number of anilines is 2. The molecule has 1 N–H and O–H groups in total. The van der Waals surface area contributed by atoms with E-state index in [9.17, 15) is 0 Å². The van der Waals surface area contributed by atoms with E-state index in [1.807, 2.05) is 0 Å². The summed E-state index contributed by atoms with van der Waals surface area (Å²) in [5.74, 6) is 2.43. The maximum absolute atomic E-state index is 5.78. The minimum atomic E-state index is 0.665. The highest BCUT2D eigenvalue weighted by molar-refractivity contribution is 5.80. The predicted molar refractivity (Wildman–Crippen MR) is 70.8 cm³/mol. The Morgan fingerprint density at radius 3 is 3.21 bits per heavy atom. The summed E-state index contributed by atoms with van der Waals surface area (Å²) in [4.78, 5) is 2.16. The van der Waals surface area contributed by atoms with Crippen LogP contribution in [-0.4, -0.2) is 46.6 Å². The second-order valence-corrected chi connectivity index (χ2v) is 5.22. The van der Waals surface area contributed by atoms with Crippen molar-refractivity contribution in [3.8, 4) is 5.75 Å². The second kappa shape index (κ2) is 3.97. The molecule has 7 heteroatoms. The van der Waals surface area contributed by atoms with Gasteiger partial charge in [0.15, 0.2) is 11.6 Å². The van der Waals surface area contributed by atoms with Crippen molar-refractivity contribution in [3.63, 3.8) is 0 Å². The highest BCUT2D eigenvalue weighted by atomic mass is 16.5. The maximum atomic E-state index is 5.78. The van der Waals surface area contributed by atoms with Crippen LogP contribution in [0.2, 0.25) is 0 Å². The zero-order chi connectivity index (χ0) is 12.8. The van der Waals surface area contributed by atoms with Gasteiger partial charge < -0.3 is 15.0 Å². The molecule has 0 spiro atoms. The average molecular weight is 260 g/mol. The predicted octanol–water partition coefficient (Wildman–Crippen LogP) is 0.775. The fraction of sp³-hybridized carbons (Fsp3) is 0.583. The molecule has 1 fully saturated rings. The Morgan fingerprint density at radius 1 is 1.47 bits per heavy atom. The van der Waals surface area contributed by atoms with Crippen LogP contribution in [0.3, 0.4) is 0 Å². The van der Waals surface area contributed by atoms with Gasteiger partial charge in [0.2, 0.25) is 5.65 Å². The molecule has 0 bridgehead atoms. The minimum absolute atomic E-state index is 0.665. The molecular formula is C12H16N6O. The molecule has 7 nitrogen and oxygen atoms in total. The summed E-state index contributed by atoms with van der Waals surface area (Å²) < 4.78 is 7.46. The number of rotatable bonds is 3. The molecule has 1 saturated carbocycles. The van der Waals surface area contributed by atoms with Crippen LogP contribution in [0.15, 0.2) is 6.33 Å². The van der Waals surface area contributed by atoms with Gasteiger partial charge in [-0.2, -0.15) is 4.52 Å². The highest BCUT2D eigenvalue weighted by Crippen LogP contribution is 2.39. The maximum Gasteiger partial charge on any atom is 0.222 e. The summed E-state index contributed by atoms with van der Waals surface area (Å²) in [5.41, 5.74) is 1.67. The van der Waals surface area contributed by atoms with Crippen LogP contribution in [0, 0.1) is 5.92 Å². The van der Waals surface area contributed by atoms with Crippen molar-refractivity contribution < 1.29 is 4.74 Å². The summed E-state index contributed by atoms with van der Waals surface area (Å²) in [5, 5.41) is 16.0. The summed E-state index contributed by atoms with van der Waals surface area (Å²) in [7, 11) is 2.05. The number of fused-ring (bicyclic) bond motifs is 3. The monoisotopic (exact) mass is 260 g/mol. The van der Waals surface area contributed by atoms with Crippen LogP contribution >= 0.6 is 0 Å². The van der Waals surface area contributed by atoms with E-state index in [0.717, 1.165) is 36.3 Å². The van der Waals surface area contributed by atoms with E-state index in [4.69, 9.17) is 4.74 Å². The zero-order valence-electron chi connectivity index (χ0n) is 10.8. The van der Waals surface area contributed by atoms with Crippen molar-refractivity contribution in [1.29, 1.82) is 0 Å². The van der Waals surface area contributed by atoms with E-state index in [1.54, 1.807) is 10.8 Å². The van der Waals surface area contributed by atoms with Crippen LogP contribution < -0.4 is 15.0 Å². The van der Waals surface area contributed by atoms with Crippen molar-refractivity contribution in [2.24, 2.45) is 5.92 Å². The lowest BCUT2D eigenvalue weighted by atomic mass is 10.3. The third-order valence-corrected chi connectivity index (χ3v) is 3.69. The standard InChI is InChI=1S/C12H16N6O/c1-17-4-5-19-10-9(17)11(13-6-8-2-3-8)16-18-7-14-15-12(10)18/h7-8H,2-6H2,1H3,(H,13,16). The van der Waals surface area contributed by atoms with Crippen molar-refractivity contribution in [3.05, 3.63) is 6.33 Å². The SMILES string of the molecule is CN1CCOc2c1c(NCC1CC1)nn1cnnc21. The first-order valence-corrected chi connectivity index (χ1v) is 6.65. The molecule has 2 aliphatic rings. The molecule has 1 aliphatic carbocycles. The van der Waals surface area contributed by atoms with E-state index in [0.29, 0.717) is 12.3 Å². The Balaban J connectivity index is 1.82. The smallest absolute Gasteiger partial charge is 0.222 e. The molecule has 100 valence electrons. The first kappa shape index (κ1) is 10.8. The first-order valence-electron chi connectivity index (χ1n) is 6.65. The van der Waals surface area contributed by atoms with E-state index < -0.39 is 0 Å². The number of likely N-dealkylation sites (N-methyl/N-ethyl adjacent to an activating group) is 1. The van der Waals surface area contributed by atoms with Gasteiger partial charge in [0, 0.05) is 13.6 Å². The van der Waals surface area contributed by atoms with Gasteiger partial charge in [-0.3, -0.25) is 0 Å². The molecule has 3 heterocycles. The van der Waals surface area contributed by atoms with E-state index in [-0.39, 0.29) is 0 Å². The van der Waals surface area contributed by atoms with Gasteiger partial charge in [0.05, 0.1) is 6.54 Å². The molecule has 0 unspecified atom stereocenters. The van der Waals surface area contributed by atoms with Crippen molar-refractivity contribution in [1.82, 2.24) is 19.8 Å². The van der Waals surface area contributed by atoms with Gasteiger partial charge in [0.25, 0.3) is 0 Å².